The van der Waals surface area contributed by atoms with Crippen LogP contribution in [0, 0.1) is 5.92 Å². The molecule has 86 valence electrons. The van der Waals surface area contributed by atoms with E-state index >= 15 is 0 Å². The number of carbonyl (C=O) groups is 1. The zero-order chi connectivity index (χ0) is 10.8. The van der Waals surface area contributed by atoms with Crippen LogP contribution in [0.25, 0.3) is 0 Å². The Labute approximate surface area is 91.4 Å². The summed E-state index contributed by atoms with van der Waals surface area (Å²) in [7, 11) is 2.15. The van der Waals surface area contributed by atoms with Crippen molar-refractivity contribution in [1.29, 1.82) is 0 Å². The molecule has 0 aromatic rings. The van der Waals surface area contributed by atoms with Crippen LogP contribution in [0.3, 0.4) is 0 Å². The zero-order valence-electron chi connectivity index (χ0n) is 9.48. The first-order chi connectivity index (χ1) is 7.20. The highest BCUT2D eigenvalue weighted by atomic mass is 16.2. The molecule has 4 heteroatoms. The standard InChI is InChI=1S/C11H21N3O/c1-13-5-4-9(7-13)8-14(10-2-3-10)11(15)6-12/h9-10H,2-8,12H2,1H3/t9-/m0/s1. The minimum absolute atomic E-state index is 0.132. The third kappa shape index (κ3) is 2.69. The molecule has 2 aliphatic rings. The lowest BCUT2D eigenvalue weighted by molar-refractivity contribution is -0.130. The maximum absolute atomic E-state index is 11.7. The summed E-state index contributed by atoms with van der Waals surface area (Å²) < 4.78 is 0. The summed E-state index contributed by atoms with van der Waals surface area (Å²) in [6.07, 6.45) is 3.57. The molecular weight excluding hydrogens is 190 g/mol. The Morgan fingerprint density at radius 2 is 2.20 bits per heavy atom. The Bertz CT molecular complexity index is 240. The van der Waals surface area contributed by atoms with Crippen molar-refractivity contribution in [2.24, 2.45) is 11.7 Å². The topological polar surface area (TPSA) is 49.6 Å². The highest BCUT2D eigenvalue weighted by Crippen LogP contribution is 2.29. The van der Waals surface area contributed by atoms with E-state index in [1.807, 2.05) is 4.90 Å². The van der Waals surface area contributed by atoms with Crippen molar-refractivity contribution in [2.45, 2.75) is 25.3 Å². The summed E-state index contributed by atoms with van der Waals surface area (Å²) in [5.74, 6) is 0.790. The number of amides is 1. The third-order valence-electron chi connectivity index (χ3n) is 3.43. The summed E-state index contributed by atoms with van der Waals surface area (Å²) in [5.41, 5.74) is 5.44. The molecular formula is C11H21N3O. The molecule has 1 aliphatic heterocycles. The number of nitrogens with zero attached hydrogens (tertiary/aromatic N) is 2. The largest absolute Gasteiger partial charge is 0.338 e. The van der Waals surface area contributed by atoms with Crippen LogP contribution in [0.15, 0.2) is 0 Å². The van der Waals surface area contributed by atoms with Crippen LogP contribution >= 0.6 is 0 Å². The van der Waals surface area contributed by atoms with E-state index in [-0.39, 0.29) is 12.5 Å². The molecule has 1 aliphatic carbocycles. The van der Waals surface area contributed by atoms with Crippen LogP contribution in [-0.2, 0) is 4.79 Å². The molecule has 1 heterocycles. The predicted octanol–water partition coefficient (Wildman–Crippen LogP) is -0.112. The van der Waals surface area contributed by atoms with E-state index in [0.29, 0.717) is 12.0 Å². The second-order valence-corrected chi connectivity index (χ2v) is 4.90. The maximum Gasteiger partial charge on any atom is 0.236 e. The van der Waals surface area contributed by atoms with Crippen LogP contribution in [0.4, 0.5) is 0 Å². The summed E-state index contributed by atoms with van der Waals surface area (Å²) in [6.45, 7) is 3.38. The fourth-order valence-corrected chi connectivity index (χ4v) is 2.41. The number of carbonyl (C=O) groups excluding carboxylic acids is 1. The van der Waals surface area contributed by atoms with Crippen molar-refractivity contribution in [3.05, 3.63) is 0 Å². The average molecular weight is 211 g/mol. The highest BCUT2D eigenvalue weighted by Gasteiger charge is 2.34. The Morgan fingerprint density at radius 1 is 1.47 bits per heavy atom. The van der Waals surface area contributed by atoms with E-state index < -0.39 is 0 Å². The predicted molar refractivity (Wildman–Crippen MR) is 59.4 cm³/mol. The molecule has 0 bridgehead atoms. The molecule has 0 spiro atoms. The first kappa shape index (κ1) is 10.9. The van der Waals surface area contributed by atoms with Gasteiger partial charge in [-0.05, 0) is 38.8 Å². The van der Waals surface area contributed by atoms with Gasteiger partial charge in [-0.3, -0.25) is 4.79 Å². The van der Waals surface area contributed by atoms with Crippen molar-refractivity contribution < 1.29 is 4.79 Å². The van der Waals surface area contributed by atoms with Gasteiger partial charge in [0.1, 0.15) is 0 Å². The Kier molecular flexibility index (Phi) is 3.26. The number of nitrogens with two attached hydrogens (primary N) is 1. The fourth-order valence-electron chi connectivity index (χ4n) is 2.41. The van der Waals surface area contributed by atoms with Crippen molar-refractivity contribution in [1.82, 2.24) is 9.80 Å². The first-order valence-electron chi connectivity index (χ1n) is 5.88. The Hall–Kier alpha value is -0.610. The van der Waals surface area contributed by atoms with Crippen LogP contribution in [0.5, 0.6) is 0 Å². The minimum atomic E-state index is 0.132. The van der Waals surface area contributed by atoms with E-state index in [1.165, 1.54) is 25.8 Å². The second kappa shape index (κ2) is 4.49. The van der Waals surface area contributed by atoms with Gasteiger partial charge in [0.2, 0.25) is 5.91 Å². The van der Waals surface area contributed by atoms with E-state index in [2.05, 4.69) is 11.9 Å². The number of hydrogen-bond donors (Lipinski definition) is 1. The molecule has 2 fully saturated rings. The molecule has 15 heavy (non-hydrogen) atoms. The lowest BCUT2D eigenvalue weighted by Gasteiger charge is -2.25. The second-order valence-electron chi connectivity index (χ2n) is 4.90. The van der Waals surface area contributed by atoms with Gasteiger partial charge in [-0.2, -0.15) is 0 Å². The highest BCUT2D eigenvalue weighted by molar-refractivity contribution is 5.78. The van der Waals surface area contributed by atoms with Crippen molar-refractivity contribution in [2.75, 3.05) is 33.2 Å². The minimum Gasteiger partial charge on any atom is -0.338 e. The maximum atomic E-state index is 11.7. The van der Waals surface area contributed by atoms with E-state index in [1.54, 1.807) is 0 Å². The van der Waals surface area contributed by atoms with Gasteiger partial charge in [0.25, 0.3) is 0 Å². The van der Waals surface area contributed by atoms with Crippen LogP contribution in [0.1, 0.15) is 19.3 Å². The van der Waals surface area contributed by atoms with Gasteiger partial charge in [0.15, 0.2) is 0 Å². The molecule has 0 unspecified atom stereocenters. The van der Waals surface area contributed by atoms with Crippen LogP contribution in [0.2, 0.25) is 0 Å². The normalized spacial score (nSPS) is 26.9. The lowest BCUT2D eigenvalue weighted by Crippen LogP contribution is -2.41. The molecule has 1 atom stereocenters. The van der Waals surface area contributed by atoms with E-state index in [0.717, 1.165) is 13.1 Å². The third-order valence-corrected chi connectivity index (χ3v) is 3.43. The van der Waals surface area contributed by atoms with Gasteiger partial charge in [0.05, 0.1) is 6.54 Å². The number of likely N-dealkylation sites (tertiary alicyclic amines) is 1. The Morgan fingerprint density at radius 3 is 2.67 bits per heavy atom. The molecule has 2 rings (SSSR count). The monoisotopic (exact) mass is 211 g/mol. The van der Waals surface area contributed by atoms with Gasteiger partial charge < -0.3 is 15.5 Å². The van der Waals surface area contributed by atoms with Gasteiger partial charge in [-0.1, -0.05) is 0 Å². The van der Waals surface area contributed by atoms with E-state index in [4.69, 9.17) is 5.73 Å². The summed E-state index contributed by atoms with van der Waals surface area (Å²) in [5, 5.41) is 0. The van der Waals surface area contributed by atoms with Crippen molar-refractivity contribution >= 4 is 5.91 Å². The van der Waals surface area contributed by atoms with E-state index in [9.17, 15) is 4.79 Å². The van der Waals surface area contributed by atoms with Crippen molar-refractivity contribution in [3.8, 4) is 0 Å². The fraction of sp³-hybridized carbons (Fsp3) is 0.909. The van der Waals surface area contributed by atoms with Gasteiger partial charge >= 0.3 is 0 Å². The number of hydrogen-bond acceptors (Lipinski definition) is 3. The van der Waals surface area contributed by atoms with Gasteiger partial charge in [-0.25, -0.2) is 0 Å². The van der Waals surface area contributed by atoms with Crippen LogP contribution < -0.4 is 5.73 Å². The molecule has 0 aromatic carbocycles. The smallest absolute Gasteiger partial charge is 0.236 e. The SMILES string of the molecule is CN1CC[C@H](CN(C(=O)CN)C2CC2)C1. The summed E-state index contributed by atoms with van der Waals surface area (Å²) >= 11 is 0. The van der Waals surface area contributed by atoms with Crippen molar-refractivity contribution in [3.63, 3.8) is 0 Å². The zero-order valence-corrected chi connectivity index (χ0v) is 9.48. The molecule has 1 amide bonds. The van der Waals surface area contributed by atoms with Gasteiger partial charge in [0, 0.05) is 19.1 Å². The van der Waals surface area contributed by atoms with Crippen LogP contribution in [-0.4, -0.2) is 55.0 Å². The molecule has 1 saturated carbocycles. The molecule has 0 aromatic heterocycles. The Balaban J connectivity index is 1.86. The van der Waals surface area contributed by atoms with Gasteiger partial charge in [-0.15, -0.1) is 0 Å². The quantitative estimate of drug-likeness (QED) is 0.706. The molecule has 2 N–H and O–H groups in total. The average Bonchev–Trinajstić information content (AvgIpc) is 2.98. The molecule has 4 nitrogen and oxygen atoms in total. The number of rotatable bonds is 4. The molecule has 0 radical (unpaired) electrons. The first-order valence-corrected chi connectivity index (χ1v) is 5.88. The summed E-state index contributed by atoms with van der Waals surface area (Å²) in [6, 6.07) is 0.506. The molecule has 1 saturated heterocycles. The lowest BCUT2D eigenvalue weighted by atomic mass is 10.1. The summed E-state index contributed by atoms with van der Waals surface area (Å²) in [4.78, 5) is 16.0.